The lowest BCUT2D eigenvalue weighted by Crippen LogP contribution is -2.06. The van der Waals surface area contributed by atoms with Gasteiger partial charge in [0.1, 0.15) is 5.82 Å². The van der Waals surface area contributed by atoms with Crippen LogP contribution >= 0.6 is 0 Å². The molecule has 2 rings (SSSR count). The van der Waals surface area contributed by atoms with Crippen molar-refractivity contribution >= 4 is 17.5 Å². The van der Waals surface area contributed by atoms with Crippen molar-refractivity contribution in [1.82, 2.24) is 9.97 Å². The molecule has 4 heteroatoms. The van der Waals surface area contributed by atoms with Crippen molar-refractivity contribution in [3.8, 4) is 0 Å². The molecular weight excluding hydrogens is 248 g/mol. The second-order valence-electron chi connectivity index (χ2n) is 5.12. The SMILES string of the molecule is CCNc1ncc(C)c(Nc2ccccc2C(C)C)n1. The average molecular weight is 270 g/mol. The van der Waals surface area contributed by atoms with E-state index in [4.69, 9.17) is 0 Å². The smallest absolute Gasteiger partial charge is 0.224 e. The van der Waals surface area contributed by atoms with Gasteiger partial charge < -0.3 is 10.6 Å². The minimum Gasteiger partial charge on any atom is -0.354 e. The van der Waals surface area contributed by atoms with E-state index in [1.807, 2.05) is 26.1 Å². The molecule has 0 atom stereocenters. The fourth-order valence-electron chi connectivity index (χ4n) is 2.05. The quantitative estimate of drug-likeness (QED) is 0.859. The largest absolute Gasteiger partial charge is 0.354 e. The average Bonchev–Trinajstić information content (AvgIpc) is 2.43. The molecule has 0 fully saturated rings. The predicted molar refractivity (Wildman–Crippen MR) is 84.7 cm³/mol. The molecule has 0 spiro atoms. The minimum absolute atomic E-state index is 0.467. The first-order valence-electron chi connectivity index (χ1n) is 7.05. The van der Waals surface area contributed by atoms with E-state index >= 15 is 0 Å². The van der Waals surface area contributed by atoms with Gasteiger partial charge >= 0.3 is 0 Å². The Bertz CT molecular complexity index is 578. The number of hydrogen-bond donors (Lipinski definition) is 2. The second-order valence-corrected chi connectivity index (χ2v) is 5.12. The van der Waals surface area contributed by atoms with Crippen molar-refractivity contribution in [3.05, 3.63) is 41.6 Å². The van der Waals surface area contributed by atoms with Gasteiger partial charge in [-0.15, -0.1) is 0 Å². The first-order valence-corrected chi connectivity index (χ1v) is 7.05. The summed E-state index contributed by atoms with van der Waals surface area (Å²) < 4.78 is 0. The molecule has 4 nitrogen and oxygen atoms in total. The second kappa shape index (κ2) is 6.37. The fraction of sp³-hybridized carbons (Fsp3) is 0.375. The molecule has 1 aromatic carbocycles. The van der Waals surface area contributed by atoms with Crippen LogP contribution in [-0.2, 0) is 0 Å². The molecule has 106 valence electrons. The number of para-hydroxylation sites is 1. The highest BCUT2D eigenvalue weighted by Gasteiger charge is 2.09. The Kier molecular flexibility index (Phi) is 4.56. The van der Waals surface area contributed by atoms with Crippen molar-refractivity contribution in [2.75, 3.05) is 17.2 Å². The third kappa shape index (κ3) is 3.26. The van der Waals surface area contributed by atoms with Crippen molar-refractivity contribution in [2.45, 2.75) is 33.6 Å². The summed E-state index contributed by atoms with van der Waals surface area (Å²) in [5.41, 5.74) is 3.42. The molecule has 1 heterocycles. The molecule has 0 amide bonds. The normalized spacial score (nSPS) is 10.7. The highest BCUT2D eigenvalue weighted by molar-refractivity contribution is 5.64. The first-order chi connectivity index (χ1) is 9.61. The van der Waals surface area contributed by atoms with Crippen LogP contribution in [0, 0.1) is 6.92 Å². The van der Waals surface area contributed by atoms with Gasteiger partial charge in [0.25, 0.3) is 0 Å². The van der Waals surface area contributed by atoms with Gasteiger partial charge in [0.2, 0.25) is 5.95 Å². The van der Waals surface area contributed by atoms with Crippen LogP contribution in [0.5, 0.6) is 0 Å². The van der Waals surface area contributed by atoms with Gasteiger partial charge in [-0.1, -0.05) is 32.0 Å². The molecule has 1 aromatic heterocycles. The van der Waals surface area contributed by atoms with Gasteiger partial charge in [-0.25, -0.2) is 4.98 Å². The summed E-state index contributed by atoms with van der Waals surface area (Å²) in [6, 6.07) is 8.34. The van der Waals surface area contributed by atoms with E-state index in [-0.39, 0.29) is 0 Å². The van der Waals surface area contributed by atoms with Gasteiger partial charge in [0, 0.05) is 24.0 Å². The molecule has 20 heavy (non-hydrogen) atoms. The molecule has 0 aliphatic rings. The zero-order valence-electron chi connectivity index (χ0n) is 12.6. The maximum Gasteiger partial charge on any atom is 0.224 e. The number of aryl methyl sites for hydroxylation is 1. The Morgan fingerprint density at radius 2 is 1.95 bits per heavy atom. The number of benzene rings is 1. The molecule has 2 N–H and O–H groups in total. The highest BCUT2D eigenvalue weighted by Crippen LogP contribution is 2.27. The Hall–Kier alpha value is -2.10. The van der Waals surface area contributed by atoms with Crippen molar-refractivity contribution < 1.29 is 0 Å². The van der Waals surface area contributed by atoms with E-state index in [2.05, 4.69) is 52.6 Å². The summed E-state index contributed by atoms with van der Waals surface area (Å²) in [5, 5.41) is 6.57. The van der Waals surface area contributed by atoms with Crippen LogP contribution in [0.15, 0.2) is 30.5 Å². The van der Waals surface area contributed by atoms with Gasteiger partial charge in [-0.3, -0.25) is 0 Å². The monoisotopic (exact) mass is 270 g/mol. The van der Waals surface area contributed by atoms with Gasteiger partial charge in [-0.05, 0) is 31.4 Å². The molecule has 0 radical (unpaired) electrons. The number of hydrogen-bond acceptors (Lipinski definition) is 4. The maximum absolute atomic E-state index is 4.52. The Morgan fingerprint density at radius 1 is 1.20 bits per heavy atom. The number of rotatable bonds is 5. The van der Waals surface area contributed by atoms with Gasteiger partial charge in [0.15, 0.2) is 0 Å². The van der Waals surface area contributed by atoms with Gasteiger partial charge in [0.05, 0.1) is 0 Å². The van der Waals surface area contributed by atoms with Crippen LogP contribution in [0.3, 0.4) is 0 Å². The summed E-state index contributed by atoms with van der Waals surface area (Å²) >= 11 is 0. The van der Waals surface area contributed by atoms with E-state index < -0.39 is 0 Å². The van der Waals surface area contributed by atoms with E-state index in [1.165, 1.54) is 5.56 Å². The lowest BCUT2D eigenvalue weighted by Gasteiger charge is -2.15. The molecule has 0 bridgehead atoms. The molecule has 0 unspecified atom stereocenters. The third-order valence-corrected chi connectivity index (χ3v) is 3.14. The van der Waals surface area contributed by atoms with E-state index in [9.17, 15) is 0 Å². The molecule has 0 saturated carbocycles. The van der Waals surface area contributed by atoms with E-state index in [0.29, 0.717) is 11.9 Å². The van der Waals surface area contributed by atoms with Crippen molar-refractivity contribution in [3.63, 3.8) is 0 Å². The maximum atomic E-state index is 4.52. The van der Waals surface area contributed by atoms with Crippen LogP contribution in [0.25, 0.3) is 0 Å². The summed E-state index contributed by atoms with van der Waals surface area (Å²) in [6.45, 7) is 9.24. The topological polar surface area (TPSA) is 49.8 Å². The Balaban J connectivity index is 2.32. The van der Waals surface area contributed by atoms with Crippen LogP contribution in [0.1, 0.15) is 37.8 Å². The standard InChI is InChI=1S/C16H22N4/c1-5-17-16-18-10-12(4)15(20-16)19-14-9-7-6-8-13(14)11(2)3/h6-11H,5H2,1-4H3,(H2,17,18,19,20). The summed E-state index contributed by atoms with van der Waals surface area (Å²) in [5.74, 6) is 1.97. The molecule has 2 aromatic rings. The Labute approximate surface area is 120 Å². The lowest BCUT2D eigenvalue weighted by atomic mass is 10.0. The van der Waals surface area contributed by atoms with Crippen LogP contribution < -0.4 is 10.6 Å². The molecule has 0 aliphatic heterocycles. The molecule has 0 saturated heterocycles. The van der Waals surface area contributed by atoms with Crippen LogP contribution in [0.4, 0.5) is 17.5 Å². The number of anilines is 3. The van der Waals surface area contributed by atoms with Gasteiger partial charge in [-0.2, -0.15) is 4.98 Å². The third-order valence-electron chi connectivity index (χ3n) is 3.14. The van der Waals surface area contributed by atoms with E-state index in [1.54, 1.807) is 0 Å². The number of aromatic nitrogens is 2. The highest BCUT2D eigenvalue weighted by atomic mass is 15.1. The predicted octanol–water partition coefficient (Wildman–Crippen LogP) is 4.08. The zero-order chi connectivity index (χ0) is 14.5. The summed E-state index contributed by atoms with van der Waals surface area (Å²) in [4.78, 5) is 8.79. The first kappa shape index (κ1) is 14.3. The summed E-state index contributed by atoms with van der Waals surface area (Å²) in [6.07, 6.45) is 1.84. The van der Waals surface area contributed by atoms with E-state index in [0.717, 1.165) is 23.6 Å². The fourth-order valence-corrected chi connectivity index (χ4v) is 2.05. The molecule has 0 aliphatic carbocycles. The van der Waals surface area contributed by atoms with Crippen LogP contribution in [0.2, 0.25) is 0 Å². The Morgan fingerprint density at radius 3 is 2.65 bits per heavy atom. The summed E-state index contributed by atoms with van der Waals surface area (Å²) in [7, 11) is 0. The van der Waals surface area contributed by atoms with Crippen molar-refractivity contribution in [2.24, 2.45) is 0 Å². The number of nitrogens with one attached hydrogen (secondary N) is 2. The van der Waals surface area contributed by atoms with Crippen LogP contribution in [-0.4, -0.2) is 16.5 Å². The molecular formula is C16H22N4. The van der Waals surface area contributed by atoms with Crippen molar-refractivity contribution in [1.29, 1.82) is 0 Å². The minimum atomic E-state index is 0.467. The number of nitrogens with zero attached hydrogens (tertiary/aromatic N) is 2. The lowest BCUT2D eigenvalue weighted by molar-refractivity contribution is 0.868. The zero-order valence-corrected chi connectivity index (χ0v) is 12.6.